The van der Waals surface area contributed by atoms with E-state index in [-0.39, 0.29) is 34.2 Å². The van der Waals surface area contributed by atoms with Gasteiger partial charge in [-0.15, -0.1) is 0 Å². The quantitative estimate of drug-likeness (QED) is 0.385. The number of phenolic OH excluding ortho intramolecular Hbond substituents is 1. The van der Waals surface area contributed by atoms with Crippen molar-refractivity contribution >= 4 is 16.9 Å². The van der Waals surface area contributed by atoms with Gasteiger partial charge in [-0.25, -0.2) is 4.79 Å². The van der Waals surface area contributed by atoms with E-state index in [2.05, 4.69) is 4.90 Å². The molecule has 2 atom stereocenters. The summed E-state index contributed by atoms with van der Waals surface area (Å²) < 4.78 is 18.6. The number of carbonyl (C=O) groups excluding carboxylic acids is 1. The third-order valence-corrected chi connectivity index (χ3v) is 7.69. The van der Waals surface area contributed by atoms with E-state index in [0.717, 1.165) is 25.2 Å². The molecule has 39 heavy (non-hydrogen) atoms. The van der Waals surface area contributed by atoms with Gasteiger partial charge < -0.3 is 23.6 Å². The minimum atomic E-state index is -0.467. The van der Waals surface area contributed by atoms with Gasteiger partial charge in [-0.1, -0.05) is 6.07 Å². The van der Waals surface area contributed by atoms with Gasteiger partial charge >= 0.3 is 5.97 Å². The molecule has 0 unspecified atom stereocenters. The average Bonchev–Trinajstić information content (AvgIpc) is 2.93. The van der Waals surface area contributed by atoms with Crippen molar-refractivity contribution in [3.63, 3.8) is 0 Å². The van der Waals surface area contributed by atoms with Crippen molar-refractivity contribution in [2.75, 3.05) is 20.2 Å². The van der Waals surface area contributed by atoms with Crippen LogP contribution in [-0.2, 0) is 17.8 Å². The van der Waals surface area contributed by atoms with E-state index in [1.165, 1.54) is 13.2 Å². The Kier molecular flexibility index (Phi) is 6.23. The second-order valence-electron chi connectivity index (χ2n) is 10.3. The Bertz CT molecular complexity index is 1700. The highest BCUT2D eigenvalue weighted by molar-refractivity contribution is 5.89. The molecule has 4 aromatic rings. The second-order valence-corrected chi connectivity index (χ2v) is 10.3. The molecule has 1 saturated heterocycles. The summed E-state index contributed by atoms with van der Waals surface area (Å²) in [4.78, 5) is 39.8. The number of likely N-dealkylation sites (tertiary alicyclic amines) is 1. The summed E-state index contributed by atoms with van der Waals surface area (Å²) in [5, 5.41) is 11.1. The number of pyridine rings is 1. The maximum atomic E-state index is 13.5. The van der Waals surface area contributed by atoms with Gasteiger partial charge in [0.1, 0.15) is 22.8 Å². The van der Waals surface area contributed by atoms with Gasteiger partial charge in [-0.3, -0.25) is 14.5 Å². The number of rotatable bonds is 5. The number of piperidine rings is 1. The lowest BCUT2D eigenvalue weighted by Crippen LogP contribution is -2.46. The second kappa shape index (κ2) is 9.74. The zero-order valence-corrected chi connectivity index (χ0v) is 21.7. The van der Waals surface area contributed by atoms with E-state index >= 15 is 0 Å². The van der Waals surface area contributed by atoms with Gasteiger partial charge in [0.25, 0.3) is 5.56 Å². The van der Waals surface area contributed by atoms with Crippen molar-refractivity contribution < 1.29 is 23.8 Å². The Labute approximate surface area is 223 Å². The minimum Gasteiger partial charge on any atom is -0.507 e. The fourth-order valence-electron chi connectivity index (χ4n) is 5.91. The number of phenols is 1. The van der Waals surface area contributed by atoms with E-state index in [1.807, 2.05) is 16.7 Å². The Morgan fingerprint density at radius 1 is 1.05 bits per heavy atom. The molecule has 4 heterocycles. The molecule has 2 aromatic heterocycles. The van der Waals surface area contributed by atoms with E-state index < -0.39 is 5.97 Å². The van der Waals surface area contributed by atoms with E-state index in [1.54, 1.807) is 43.3 Å². The predicted octanol–water partition coefficient (Wildman–Crippen LogP) is 4.17. The first-order valence-electron chi connectivity index (χ1n) is 12.9. The van der Waals surface area contributed by atoms with Crippen molar-refractivity contribution in [1.82, 2.24) is 9.47 Å². The lowest BCUT2D eigenvalue weighted by molar-refractivity contribution is 0.0600. The molecular weight excluding hydrogens is 500 g/mol. The van der Waals surface area contributed by atoms with Crippen LogP contribution in [0.1, 0.15) is 39.7 Å². The molecule has 2 bridgehead atoms. The highest BCUT2D eigenvalue weighted by atomic mass is 16.5. The number of aryl methyl sites for hydroxylation is 1. The summed E-state index contributed by atoms with van der Waals surface area (Å²) in [6.07, 6.45) is 1.02. The first-order valence-corrected chi connectivity index (χ1v) is 12.9. The Morgan fingerprint density at radius 2 is 1.85 bits per heavy atom. The van der Waals surface area contributed by atoms with Crippen molar-refractivity contribution in [2.24, 2.45) is 5.92 Å². The first kappa shape index (κ1) is 24.9. The van der Waals surface area contributed by atoms with Gasteiger partial charge in [-0.2, -0.15) is 0 Å². The normalized spacial score (nSPS) is 18.5. The summed E-state index contributed by atoms with van der Waals surface area (Å²) in [5.74, 6) is 0.834. The van der Waals surface area contributed by atoms with Crippen molar-refractivity contribution in [3.05, 3.63) is 97.8 Å². The number of aromatic hydroxyl groups is 1. The molecular formula is C30H28N2O7. The van der Waals surface area contributed by atoms with Gasteiger partial charge in [0, 0.05) is 43.9 Å². The van der Waals surface area contributed by atoms with Crippen LogP contribution in [0.5, 0.6) is 17.2 Å². The smallest absolute Gasteiger partial charge is 0.337 e. The summed E-state index contributed by atoms with van der Waals surface area (Å²) in [7, 11) is 1.31. The van der Waals surface area contributed by atoms with Crippen LogP contribution >= 0.6 is 0 Å². The van der Waals surface area contributed by atoms with Crippen LogP contribution in [0.25, 0.3) is 11.0 Å². The Hall–Kier alpha value is -4.37. The lowest BCUT2D eigenvalue weighted by Gasteiger charge is -2.42. The number of hydrogen-bond donors (Lipinski definition) is 1. The largest absolute Gasteiger partial charge is 0.507 e. The molecule has 0 spiro atoms. The van der Waals surface area contributed by atoms with Crippen LogP contribution in [0.2, 0.25) is 0 Å². The minimum absolute atomic E-state index is 0.0389. The number of hydrogen-bond acceptors (Lipinski definition) is 8. The van der Waals surface area contributed by atoms with Crippen LogP contribution in [-0.4, -0.2) is 40.7 Å². The van der Waals surface area contributed by atoms with Crippen LogP contribution in [0.15, 0.2) is 68.6 Å². The SMILES string of the molecule is COC(=O)c1ccc(Oc2c(C)oc3c(CN4C[C@H]5C[C@@H](C4)c4cccc(=O)n4C5)c(O)ccc3c2=O)cc1. The number of carbonyl (C=O) groups is 1. The number of esters is 1. The maximum Gasteiger partial charge on any atom is 0.337 e. The maximum absolute atomic E-state index is 13.5. The molecule has 0 radical (unpaired) electrons. The van der Waals surface area contributed by atoms with E-state index in [4.69, 9.17) is 13.9 Å². The zero-order valence-electron chi connectivity index (χ0n) is 21.7. The summed E-state index contributed by atoms with van der Waals surface area (Å²) in [6.45, 7) is 4.25. The number of aromatic nitrogens is 1. The molecule has 0 aliphatic carbocycles. The highest BCUT2D eigenvalue weighted by Gasteiger charge is 2.35. The summed E-state index contributed by atoms with van der Waals surface area (Å²) in [5.41, 5.74) is 1.98. The van der Waals surface area contributed by atoms with Crippen LogP contribution in [0, 0.1) is 12.8 Å². The highest BCUT2D eigenvalue weighted by Crippen LogP contribution is 2.37. The molecule has 2 aliphatic heterocycles. The molecule has 2 aromatic carbocycles. The number of methoxy groups -OCH3 is 1. The van der Waals surface area contributed by atoms with Crippen LogP contribution < -0.4 is 15.7 Å². The number of benzene rings is 2. The van der Waals surface area contributed by atoms with Crippen molar-refractivity contribution in [1.29, 1.82) is 0 Å². The lowest BCUT2D eigenvalue weighted by atomic mass is 9.83. The van der Waals surface area contributed by atoms with Crippen LogP contribution in [0.3, 0.4) is 0 Å². The number of fused-ring (bicyclic) bond motifs is 5. The van der Waals surface area contributed by atoms with Gasteiger partial charge in [0.05, 0.1) is 23.6 Å². The summed E-state index contributed by atoms with van der Waals surface area (Å²) in [6, 6.07) is 14.8. The monoisotopic (exact) mass is 528 g/mol. The fourth-order valence-corrected chi connectivity index (χ4v) is 5.91. The third-order valence-electron chi connectivity index (χ3n) is 7.69. The molecule has 0 amide bonds. The summed E-state index contributed by atoms with van der Waals surface area (Å²) >= 11 is 0. The predicted molar refractivity (Wildman–Crippen MR) is 144 cm³/mol. The Morgan fingerprint density at radius 3 is 2.62 bits per heavy atom. The van der Waals surface area contributed by atoms with Crippen molar-refractivity contribution in [3.8, 4) is 17.2 Å². The molecule has 9 nitrogen and oxygen atoms in total. The third kappa shape index (κ3) is 4.48. The molecule has 200 valence electrons. The number of ether oxygens (including phenoxy) is 2. The molecule has 6 rings (SSSR count). The van der Waals surface area contributed by atoms with Gasteiger partial charge in [0.15, 0.2) is 0 Å². The standard InChI is InChI=1S/C30H28N2O7/c1-17-28(39-21-8-6-19(7-9-21)30(36)37-2)27(35)22-10-11-25(33)23(29(22)38-17)16-31-13-18-12-20(15-31)24-4-3-5-26(34)32(24)14-18/h3-11,18,20,33H,12-16H2,1-2H3/t18-,20+/m1/s1. The van der Waals surface area contributed by atoms with Gasteiger partial charge in [0.2, 0.25) is 11.2 Å². The fraction of sp³-hybridized carbons (Fsp3) is 0.300. The van der Waals surface area contributed by atoms with Crippen LogP contribution in [0.4, 0.5) is 0 Å². The zero-order chi connectivity index (χ0) is 27.3. The molecule has 2 aliphatic rings. The van der Waals surface area contributed by atoms with Crippen molar-refractivity contribution in [2.45, 2.75) is 32.4 Å². The molecule has 1 N–H and O–H groups in total. The van der Waals surface area contributed by atoms with E-state index in [0.29, 0.717) is 46.9 Å². The topological polar surface area (TPSA) is 111 Å². The molecule has 0 saturated carbocycles. The average molecular weight is 529 g/mol. The molecule has 1 fully saturated rings. The van der Waals surface area contributed by atoms with E-state index in [9.17, 15) is 19.5 Å². The first-order chi connectivity index (χ1) is 18.8. The van der Waals surface area contributed by atoms with Gasteiger partial charge in [-0.05, 0) is 61.7 Å². The molecule has 9 heteroatoms. The Balaban J connectivity index is 1.30. The number of nitrogens with zero attached hydrogens (tertiary/aromatic N) is 2.